The third-order valence-electron chi connectivity index (χ3n) is 4.88. The number of rotatable bonds is 2. The van der Waals surface area contributed by atoms with Crippen molar-refractivity contribution in [1.82, 2.24) is 9.80 Å². The summed E-state index contributed by atoms with van der Waals surface area (Å²) in [6.07, 6.45) is 2.96. The molecule has 1 saturated heterocycles. The smallest absolute Gasteiger partial charge is 0.225 e. The Hall–Kier alpha value is -0.610. The fourth-order valence-electron chi connectivity index (χ4n) is 3.92. The van der Waals surface area contributed by atoms with E-state index >= 15 is 0 Å². The average Bonchev–Trinajstić information content (AvgIpc) is 2.69. The molecule has 2 N–H and O–H groups in total. The van der Waals surface area contributed by atoms with Gasteiger partial charge in [-0.25, -0.2) is 0 Å². The monoisotopic (exact) mass is 267 g/mol. The van der Waals surface area contributed by atoms with Crippen LogP contribution in [0.1, 0.15) is 33.1 Å². The maximum absolute atomic E-state index is 12.7. The van der Waals surface area contributed by atoms with Crippen LogP contribution in [0.15, 0.2) is 0 Å². The summed E-state index contributed by atoms with van der Waals surface area (Å²) in [6.45, 7) is 6.25. The molecule has 5 atom stereocenters. The van der Waals surface area contributed by atoms with Crippen LogP contribution in [0.4, 0.5) is 0 Å². The zero-order valence-electron chi connectivity index (χ0n) is 12.8. The Labute approximate surface area is 117 Å². The molecule has 4 heteroatoms. The molecule has 0 aromatic rings. The zero-order valence-corrected chi connectivity index (χ0v) is 12.8. The third-order valence-corrected chi connectivity index (χ3v) is 4.88. The van der Waals surface area contributed by atoms with Crippen LogP contribution in [0.25, 0.3) is 0 Å². The highest BCUT2D eigenvalue weighted by molar-refractivity contribution is 5.79. The summed E-state index contributed by atoms with van der Waals surface area (Å²) in [5, 5.41) is 0. The van der Waals surface area contributed by atoms with E-state index in [2.05, 4.69) is 37.7 Å². The molecule has 2 aliphatic rings. The maximum atomic E-state index is 12.7. The van der Waals surface area contributed by atoms with Crippen molar-refractivity contribution in [2.45, 2.75) is 45.2 Å². The largest absolute Gasteiger partial charge is 0.341 e. The number of likely N-dealkylation sites (tertiary alicyclic amines) is 1. The van der Waals surface area contributed by atoms with Gasteiger partial charge in [-0.1, -0.05) is 13.8 Å². The Morgan fingerprint density at radius 3 is 2.37 bits per heavy atom. The fourth-order valence-corrected chi connectivity index (χ4v) is 3.92. The molecule has 1 aliphatic heterocycles. The molecule has 5 unspecified atom stereocenters. The van der Waals surface area contributed by atoms with Crippen molar-refractivity contribution >= 4 is 5.91 Å². The standard InChI is InChI=1S/C15H29N3O/c1-10-5-12(7-13(16)6-10)15(19)18-8-11(2)14(9-18)17(3)4/h10-14H,5-9,16H2,1-4H3. The molecule has 0 aromatic heterocycles. The topological polar surface area (TPSA) is 49.6 Å². The number of nitrogens with zero attached hydrogens (tertiary/aromatic N) is 2. The lowest BCUT2D eigenvalue weighted by atomic mass is 9.79. The van der Waals surface area contributed by atoms with Gasteiger partial charge >= 0.3 is 0 Å². The summed E-state index contributed by atoms with van der Waals surface area (Å²) < 4.78 is 0. The average molecular weight is 267 g/mol. The van der Waals surface area contributed by atoms with E-state index in [0.29, 0.717) is 23.8 Å². The van der Waals surface area contributed by atoms with E-state index in [1.807, 2.05) is 0 Å². The summed E-state index contributed by atoms with van der Waals surface area (Å²) in [5.74, 6) is 1.65. The van der Waals surface area contributed by atoms with Crippen molar-refractivity contribution in [3.8, 4) is 0 Å². The number of amides is 1. The summed E-state index contributed by atoms with van der Waals surface area (Å²) in [6, 6.07) is 0.709. The minimum Gasteiger partial charge on any atom is -0.341 e. The summed E-state index contributed by atoms with van der Waals surface area (Å²) >= 11 is 0. The first kappa shape index (κ1) is 14.8. The lowest BCUT2D eigenvalue weighted by Crippen LogP contribution is -2.42. The van der Waals surface area contributed by atoms with Crippen LogP contribution >= 0.6 is 0 Å². The molecule has 1 aliphatic carbocycles. The van der Waals surface area contributed by atoms with Crippen molar-refractivity contribution < 1.29 is 4.79 Å². The molecule has 0 bridgehead atoms. The molecule has 0 spiro atoms. The van der Waals surface area contributed by atoms with Crippen LogP contribution in [0, 0.1) is 17.8 Å². The Bertz CT molecular complexity index is 321. The normalized spacial score (nSPS) is 39.9. The first-order chi connectivity index (χ1) is 8.88. The second-order valence-corrected chi connectivity index (χ2v) is 7.02. The van der Waals surface area contributed by atoms with E-state index in [0.717, 1.165) is 32.4 Å². The van der Waals surface area contributed by atoms with Gasteiger partial charge in [-0.2, -0.15) is 0 Å². The predicted molar refractivity (Wildman–Crippen MR) is 77.7 cm³/mol. The van der Waals surface area contributed by atoms with Crippen molar-refractivity contribution in [1.29, 1.82) is 0 Å². The van der Waals surface area contributed by atoms with Crippen molar-refractivity contribution in [2.75, 3.05) is 27.2 Å². The minimum absolute atomic E-state index is 0.159. The van der Waals surface area contributed by atoms with Gasteiger partial charge in [-0.05, 0) is 45.2 Å². The molecule has 19 heavy (non-hydrogen) atoms. The van der Waals surface area contributed by atoms with Crippen LogP contribution in [0.2, 0.25) is 0 Å². The van der Waals surface area contributed by atoms with Crippen molar-refractivity contribution in [3.63, 3.8) is 0 Å². The number of carbonyl (C=O) groups excluding carboxylic acids is 1. The van der Waals surface area contributed by atoms with Crippen LogP contribution in [0.3, 0.4) is 0 Å². The second kappa shape index (κ2) is 5.80. The zero-order chi connectivity index (χ0) is 14.2. The minimum atomic E-state index is 0.159. The van der Waals surface area contributed by atoms with Gasteiger partial charge in [0.1, 0.15) is 0 Å². The lowest BCUT2D eigenvalue weighted by Gasteiger charge is -2.33. The van der Waals surface area contributed by atoms with Gasteiger partial charge in [-0.15, -0.1) is 0 Å². The highest BCUT2D eigenvalue weighted by atomic mass is 16.2. The number of likely N-dealkylation sites (N-methyl/N-ethyl adjacent to an activating group) is 1. The van der Waals surface area contributed by atoms with E-state index in [9.17, 15) is 4.79 Å². The van der Waals surface area contributed by atoms with E-state index in [1.165, 1.54) is 0 Å². The molecule has 0 aromatic carbocycles. The lowest BCUT2D eigenvalue weighted by molar-refractivity contribution is -0.136. The molecule has 1 saturated carbocycles. The Morgan fingerprint density at radius 1 is 1.16 bits per heavy atom. The SMILES string of the molecule is CC1CC(N)CC(C(=O)N2CC(C)C(N(C)C)C2)C1. The van der Waals surface area contributed by atoms with Gasteiger partial charge in [0.25, 0.3) is 0 Å². The number of nitrogens with two attached hydrogens (primary N) is 1. The molecule has 4 nitrogen and oxygen atoms in total. The quantitative estimate of drug-likeness (QED) is 0.817. The van der Waals surface area contributed by atoms with Gasteiger partial charge in [-0.3, -0.25) is 4.79 Å². The highest BCUT2D eigenvalue weighted by Gasteiger charge is 2.38. The molecular formula is C15H29N3O. The number of hydrogen-bond donors (Lipinski definition) is 1. The van der Waals surface area contributed by atoms with Crippen molar-refractivity contribution in [3.05, 3.63) is 0 Å². The van der Waals surface area contributed by atoms with Crippen LogP contribution in [0.5, 0.6) is 0 Å². The van der Waals surface area contributed by atoms with E-state index < -0.39 is 0 Å². The van der Waals surface area contributed by atoms with Gasteiger partial charge in [0, 0.05) is 31.1 Å². The Morgan fingerprint density at radius 2 is 1.84 bits per heavy atom. The fraction of sp³-hybridized carbons (Fsp3) is 0.933. The Balaban J connectivity index is 1.97. The first-order valence-electron chi connectivity index (χ1n) is 7.59. The Kier molecular flexibility index (Phi) is 4.51. The van der Waals surface area contributed by atoms with Crippen LogP contribution in [-0.4, -0.2) is 55.0 Å². The summed E-state index contributed by atoms with van der Waals surface area (Å²) in [7, 11) is 4.21. The van der Waals surface area contributed by atoms with Gasteiger partial charge in [0.2, 0.25) is 5.91 Å². The maximum Gasteiger partial charge on any atom is 0.225 e. The van der Waals surface area contributed by atoms with Crippen molar-refractivity contribution in [2.24, 2.45) is 23.5 Å². The van der Waals surface area contributed by atoms with E-state index in [1.54, 1.807) is 0 Å². The third kappa shape index (κ3) is 3.29. The highest BCUT2D eigenvalue weighted by Crippen LogP contribution is 2.31. The van der Waals surface area contributed by atoms with Gasteiger partial charge in [0.05, 0.1) is 0 Å². The molecule has 1 heterocycles. The van der Waals surface area contributed by atoms with Crippen LogP contribution in [-0.2, 0) is 4.79 Å². The van der Waals surface area contributed by atoms with E-state index in [4.69, 9.17) is 5.73 Å². The van der Waals surface area contributed by atoms with Crippen LogP contribution < -0.4 is 5.73 Å². The molecular weight excluding hydrogens is 238 g/mol. The summed E-state index contributed by atoms with van der Waals surface area (Å²) in [4.78, 5) is 17.0. The summed E-state index contributed by atoms with van der Waals surface area (Å²) in [5.41, 5.74) is 6.08. The predicted octanol–water partition coefficient (Wildman–Crippen LogP) is 1.16. The van der Waals surface area contributed by atoms with Gasteiger partial charge < -0.3 is 15.5 Å². The molecule has 2 fully saturated rings. The second-order valence-electron chi connectivity index (χ2n) is 7.02. The number of carbonyl (C=O) groups is 1. The van der Waals surface area contributed by atoms with E-state index in [-0.39, 0.29) is 12.0 Å². The molecule has 1 amide bonds. The molecule has 0 radical (unpaired) electrons. The number of hydrogen-bond acceptors (Lipinski definition) is 3. The molecule has 2 rings (SSSR count). The van der Waals surface area contributed by atoms with Gasteiger partial charge in [0.15, 0.2) is 0 Å². The molecule has 110 valence electrons. The first-order valence-corrected chi connectivity index (χ1v) is 7.59.